The Hall–Kier alpha value is -3.43. The highest BCUT2D eigenvalue weighted by atomic mass is 19.1. The van der Waals surface area contributed by atoms with Gasteiger partial charge in [0.2, 0.25) is 0 Å². The van der Waals surface area contributed by atoms with Crippen LogP contribution in [0.15, 0.2) is 16.9 Å². The average Bonchev–Trinajstić information content (AvgIpc) is 3.74. The predicted molar refractivity (Wildman–Crippen MR) is 145 cm³/mol. The second-order valence-corrected chi connectivity index (χ2v) is 11.9. The zero-order valence-corrected chi connectivity index (χ0v) is 22.9. The Kier molecular flexibility index (Phi) is 5.45. The van der Waals surface area contributed by atoms with Crippen LogP contribution in [0.4, 0.5) is 4.39 Å². The Balaban J connectivity index is 1.48. The smallest absolute Gasteiger partial charge is 0.254 e. The van der Waals surface area contributed by atoms with E-state index < -0.39 is 11.7 Å². The van der Waals surface area contributed by atoms with Crippen molar-refractivity contribution in [2.24, 2.45) is 5.92 Å². The molecular weight excluding hydrogens is 513 g/mol. The van der Waals surface area contributed by atoms with E-state index in [4.69, 9.17) is 4.98 Å². The number of rotatable bonds is 4. The van der Waals surface area contributed by atoms with Gasteiger partial charge in [-0.3, -0.25) is 14.4 Å². The van der Waals surface area contributed by atoms with Crippen molar-refractivity contribution in [1.82, 2.24) is 14.5 Å². The summed E-state index contributed by atoms with van der Waals surface area (Å²) >= 11 is 0. The van der Waals surface area contributed by atoms with Crippen LogP contribution in [-0.2, 0) is 34.6 Å². The Labute approximate surface area is 230 Å². The van der Waals surface area contributed by atoms with Crippen molar-refractivity contribution in [3.8, 4) is 11.4 Å². The van der Waals surface area contributed by atoms with E-state index in [1.807, 2.05) is 0 Å². The monoisotopic (exact) mass is 545 g/mol. The minimum Gasteiger partial charge on any atom is -0.383 e. The number of Topliss-reactive ketones (excluding diaryl/α,β-unsaturated/α-hetero) is 1. The molecule has 1 amide bonds. The highest BCUT2D eigenvalue weighted by Gasteiger charge is 2.45. The highest BCUT2D eigenvalue weighted by molar-refractivity contribution is 5.94. The normalized spacial score (nSPS) is 23.6. The first kappa shape index (κ1) is 25.5. The standard InChI is InChI=1S/C31H32FN3O5/c1-4-31(40)19-11-23-27-18(13-35(23)29(38)17(19)8-10-24(31)36)26-22(34(3)30(39)28(37)15-5-6-15)9-7-16-14(2)20(32)12-21(33-27)25(16)26/h11-12,15,22,28,37,40H,4-10,13H2,1-3H3/t22-,28+,31-/m0/s1. The number of benzene rings is 1. The van der Waals surface area contributed by atoms with Gasteiger partial charge in [-0.2, -0.15) is 0 Å². The fourth-order valence-electron chi connectivity index (χ4n) is 7.28. The van der Waals surface area contributed by atoms with E-state index in [0.29, 0.717) is 46.4 Å². The number of pyridine rings is 2. The Bertz CT molecular complexity index is 1720. The number of carbonyl (C=O) groups is 2. The second kappa shape index (κ2) is 8.54. The van der Waals surface area contributed by atoms with Gasteiger partial charge in [0.15, 0.2) is 5.78 Å². The Morgan fingerprint density at radius 2 is 1.93 bits per heavy atom. The Morgan fingerprint density at radius 1 is 1.18 bits per heavy atom. The lowest BCUT2D eigenvalue weighted by atomic mass is 9.77. The van der Waals surface area contributed by atoms with Crippen LogP contribution in [0.3, 0.4) is 0 Å². The molecule has 1 fully saturated rings. The van der Waals surface area contributed by atoms with E-state index in [-0.39, 0.29) is 60.8 Å². The molecule has 0 radical (unpaired) electrons. The lowest BCUT2D eigenvalue weighted by molar-refractivity contribution is -0.142. The molecule has 40 heavy (non-hydrogen) atoms. The molecule has 0 spiro atoms. The summed E-state index contributed by atoms with van der Waals surface area (Å²) in [5.41, 5.74) is 3.24. The number of carbonyl (C=O) groups excluding carboxylic acids is 2. The molecule has 208 valence electrons. The summed E-state index contributed by atoms with van der Waals surface area (Å²) in [4.78, 5) is 46.4. The highest BCUT2D eigenvalue weighted by Crippen LogP contribution is 2.47. The van der Waals surface area contributed by atoms with Crippen LogP contribution in [0.1, 0.15) is 78.5 Å². The van der Waals surface area contributed by atoms with Gasteiger partial charge in [0.25, 0.3) is 11.5 Å². The van der Waals surface area contributed by atoms with Gasteiger partial charge in [-0.1, -0.05) is 6.92 Å². The van der Waals surface area contributed by atoms with E-state index in [0.717, 1.165) is 34.9 Å². The number of likely N-dealkylation sites (N-methyl/N-ethyl adjacent to an activating group) is 1. The van der Waals surface area contributed by atoms with Gasteiger partial charge < -0.3 is 19.7 Å². The number of halogens is 1. The van der Waals surface area contributed by atoms with Crippen LogP contribution < -0.4 is 5.56 Å². The first-order chi connectivity index (χ1) is 19.1. The van der Waals surface area contributed by atoms with Crippen LogP contribution in [0, 0.1) is 18.7 Å². The quantitative estimate of drug-likeness (QED) is 0.407. The number of aliphatic hydroxyl groups is 2. The lowest BCUT2D eigenvalue weighted by Crippen LogP contribution is -2.43. The number of aliphatic hydroxyl groups excluding tert-OH is 1. The average molecular weight is 546 g/mol. The maximum absolute atomic E-state index is 15.1. The molecule has 1 saturated carbocycles. The third-order valence-corrected chi connectivity index (χ3v) is 9.86. The molecule has 0 saturated heterocycles. The third-order valence-electron chi connectivity index (χ3n) is 9.86. The fourth-order valence-corrected chi connectivity index (χ4v) is 7.28. The summed E-state index contributed by atoms with van der Waals surface area (Å²) in [7, 11) is 1.71. The minimum absolute atomic E-state index is 0.0143. The predicted octanol–water partition coefficient (Wildman–Crippen LogP) is 3.20. The number of hydrogen-bond acceptors (Lipinski definition) is 6. The van der Waals surface area contributed by atoms with E-state index >= 15 is 4.39 Å². The van der Waals surface area contributed by atoms with Gasteiger partial charge in [-0.25, -0.2) is 9.37 Å². The summed E-state index contributed by atoms with van der Waals surface area (Å²) in [6, 6.07) is 2.74. The van der Waals surface area contributed by atoms with Crippen molar-refractivity contribution in [1.29, 1.82) is 0 Å². The molecule has 8 nitrogen and oxygen atoms in total. The molecule has 3 aliphatic carbocycles. The van der Waals surface area contributed by atoms with Gasteiger partial charge in [0.1, 0.15) is 17.5 Å². The van der Waals surface area contributed by atoms with Crippen LogP contribution in [-0.4, -0.2) is 49.5 Å². The van der Waals surface area contributed by atoms with Crippen LogP contribution in [0.2, 0.25) is 0 Å². The molecule has 1 aromatic carbocycles. The second-order valence-electron chi connectivity index (χ2n) is 11.9. The molecule has 9 heteroatoms. The van der Waals surface area contributed by atoms with Gasteiger partial charge >= 0.3 is 0 Å². The zero-order valence-electron chi connectivity index (χ0n) is 22.9. The molecule has 2 N–H and O–H groups in total. The van der Waals surface area contributed by atoms with Crippen LogP contribution in [0.5, 0.6) is 0 Å². The summed E-state index contributed by atoms with van der Waals surface area (Å²) in [6.07, 6.45) is 2.23. The summed E-state index contributed by atoms with van der Waals surface area (Å²) < 4.78 is 16.7. The van der Waals surface area contributed by atoms with E-state index in [1.165, 1.54) is 6.07 Å². The molecule has 7 rings (SSSR count). The number of amides is 1. The molecule has 2 aromatic heterocycles. The molecule has 3 atom stereocenters. The maximum atomic E-state index is 15.1. The largest absolute Gasteiger partial charge is 0.383 e. The number of aromatic nitrogens is 2. The lowest BCUT2D eigenvalue weighted by Gasteiger charge is -2.36. The van der Waals surface area contributed by atoms with Crippen molar-refractivity contribution in [2.75, 3.05) is 7.05 Å². The molecular formula is C31H32FN3O5. The van der Waals surface area contributed by atoms with E-state index in [1.54, 1.807) is 36.4 Å². The number of aryl methyl sites for hydroxylation is 1. The van der Waals surface area contributed by atoms with Gasteiger partial charge in [-0.05, 0) is 74.1 Å². The topological polar surface area (TPSA) is 113 Å². The van der Waals surface area contributed by atoms with Gasteiger partial charge in [0, 0.05) is 41.6 Å². The summed E-state index contributed by atoms with van der Waals surface area (Å²) in [5, 5.41) is 22.8. The number of hydrogen-bond donors (Lipinski definition) is 2. The fraction of sp³-hybridized carbons (Fsp3) is 0.484. The van der Waals surface area contributed by atoms with Gasteiger partial charge in [0.05, 0.1) is 29.5 Å². The number of fused-ring (bicyclic) bond motifs is 5. The Morgan fingerprint density at radius 3 is 2.62 bits per heavy atom. The van der Waals surface area contributed by atoms with Crippen LogP contribution in [0.25, 0.3) is 22.3 Å². The molecule has 0 unspecified atom stereocenters. The molecule has 1 aliphatic heterocycles. The first-order valence-corrected chi connectivity index (χ1v) is 14.2. The van der Waals surface area contributed by atoms with E-state index in [9.17, 15) is 24.6 Å². The summed E-state index contributed by atoms with van der Waals surface area (Å²) in [6.45, 7) is 3.71. The zero-order chi connectivity index (χ0) is 28.2. The van der Waals surface area contributed by atoms with Crippen molar-refractivity contribution < 1.29 is 24.2 Å². The molecule has 0 bridgehead atoms. The molecule has 4 aliphatic rings. The third kappa shape index (κ3) is 3.31. The van der Waals surface area contributed by atoms with E-state index in [2.05, 4.69) is 0 Å². The van der Waals surface area contributed by atoms with Crippen molar-refractivity contribution in [3.05, 3.63) is 61.7 Å². The van der Waals surface area contributed by atoms with Crippen molar-refractivity contribution >= 4 is 22.6 Å². The minimum atomic E-state index is -1.74. The summed E-state index contributed by atoms with van der Waals surface area (Å²) in [5.74, 6) is -1.01. The number of nitrogens with zero attached hydrogens (tertiary/aromatic N) is 3. The SMILES string of the molecule is CC[C@@]1(O)C(=O)CCc2c1cc1n(c2=O)Cc2c-1nc1cc(F)c(C)c3c1c2[C@@H](N(C)C(=O)[C@H](O)C1CC1)CC3. The molecule has 3 aromatic rings. The number of ketones is 1. The maximum Gasteiger partial charge on any atom is 0.254 e. The van der Waals surface area contributed by atoms with Crippen LogP contribution >= 0.6 is 0 Å². The van der Waals surface area contributed by atoms with Gasteiger partial charge in [-0.15, -0.1) is 0 Å². The van der Waals surface area contributed by atoms with Crippen molar-refractivity contribution in [3.63, 3.8) is 0 Å². The first-order valence-electron chi connectivity index (χ1n) is 14.2. The van der Waals surface area contributed by atoms with Crippen molar-refractivity contribution in [2.45, 2.75) is 83.1 Å². The molecule has 3 heterocycles.